The van der Waals surface area contributed by atoms with Crippen LogP contribution < -0.4 is 11.1 Å². The average molecular weight is 256 g/mol. The fourth-order valence-corrected chi connectivity index (χ4v) is 1.82. The summed E-state index contributed by atoms with van der Waals surface area (Å²) in [6.07, 6.45) is 0. The Kier molecular flexibility index (Phi) is 3.42. The van der Waals surface area contributed by atoms with Crippen molar-refractivity contribution in [1.82, 2.24) is 0 Å². The van der Waals surface area contributed by atoms with E-state index in [0.29, 0.717) is 11.4 Å². The molecular weight excluding hydrogens is 240 g/mol. The van der Waals surface area contributed by atoms with E-state index < -0.39 is 5.97 Å². The molecule has 0 fully saturated rings. The van der Waals surface area contributed by atoms with Crippen LogP contribution in [0.4, 0.5) is 17.1 Å². The fraction of sp³-hybridized carbons (Fsp3) is 0.133. The van der Waals surface area contributed by atoms with E-state index in [2.05, 4.69) is 5.32 Å². The summed E-state index contributed by atoms with van der Waals surface area (Å²) in [7, 11) is 0. The summed E-state index contributed by atoms with van der Waals surface area (Å²) in [5.41, 5.74) is 9.95. The smallest absolute Gasteiger partial charge is 0.337 e. The Bertz CT molecular complexity index is 636. The van der Waals surface area contributed by atoms with Crippen LogP contribution in [0.1, 0.15) is 21.5 Å². The summed E-state index contributed by atoms with van der Waals surface area (Å²) < 4.78 is 0. The minimum Gasteiger partial charge on any atom is -0.478 e. The third kappa shape index (κ3) is 2.85. The maximum absolute atomic E-state index is 11.2. The van der Waals surface area contributed by atoms with Crippen molar-refractivity contribution in [2.75, 3.05) is 11.1 Å². The molecule has 98 valence electrons. The molecule has 2 aromatic rings. The molecule has 0 aliphatic rings. The van der Waals surface area contributed by atoms with Crippen molar-refractivity contribution in [2.45, 2.75) is 13.8 Å². The van der Waals surface area contributed by atoms with Crippen molar-refractivity contribution in [3.05, 3.63) is 53.1 Å². The maximum Gasteiger partial charge on any atom is 0.337 e. The first-order valence-corrected chi connectivity index (χ1v) is 5.94. The van der Waals surface area contributed by atoms with Gasteiger partial charge in [-0.2, -0.15) is 0 Å². The number of nitrogens with one attached hydrogen (secondary N) is 1. The lowest BCUT2D eigenvalue weighted by Gasteiger charge is -2.11. The van der Waals surface area contributed by atoms with E-state index in [1.54, 1.807) is 12.1 Å². The molecule has 0 atom stereocenters. The van der Waals surface area contributed by atoms with Crippen LogP contribution in [0.15, 0.2) is 36.4 Å². The van der Waals surface area contributed by atoms with Crippen LogP contribution in [0.2, 0.25) is 0 Å². The summed E-state index contributed by atoms with van der Waals surface area (Å²) in [5.74, 6) is -1.00. The summed E-state index contributed by atoms with van der Waals surface area (Å²) in [6, 6.07) is 10.7. The molecule has 0 saturated carbocycles. The van der Waals surface area contributed by atoms with Gasteiger partial charge in [-0.25, -0.2) is 4.79 Å². The lowest BCUT2D eigenvalue weighted by Crippen LogP contribution is -2.04. The second kappa shape index (κ2) is 5.02. The molecule has 19 heavy (non-hydrogen) atoms. The van der Waals surface area contributed by atoms with Crippen molar-refractivity contribution >= 4 is 23.0 Å². The zero-order chi connectivity index (χ0) is 14.0. The molecule has 0 aliphatic heterocycles. The van der Waals surface area contributed by atoms with Gasteiger partial charge in [0, 0.05) is 11.4 Å². The largest absolute Gasteiger partial charge is 0.478 e. The Morgan fingerprint density at radius 1 is 1.11 bits per heavy atom. The Balaban J connectivity index is 2.37. The number of carboxylic acids is 1. The van der Waals surface area contributed by atoms with Gasteiger partial charge in [0.25, 0.3) is 0 Å². The van der Waals surface area contributed by atoms with Crippen LogP contribution in [0.5, 0.6) is 0 Å². The Morgan fingerprint density at radius 3 is 2.47 bits per heavy atom. The first-order chi connectivity index (χ1) is 8.97. The van der Waals surface area contributed by atoms with Crippen LogP contribution in [0, 0.1) is 13.8 Å². The first-order valence-electron chi connectivity index (χ1n) is 5.94. The van der Waals surface area contributed by atoms with Crippen molar-refractivity contribution in [1.29, 1.82) is 0 Å². The van der Waals surface area contributed by atoms with Gasteiger partial charge < -0.3 is 16.2 Å². The number of carboxylic acid groups (broad SMARTS) is 1. The number of anilines is 3. The highest BCUT2D eigenvalue weighted by Gasteiger charge is 2.10. The van der Waals surface area contributed by atoms with Gasteiger partial charge in [-0.3, -0.25) is 0 Å². The third-order valence-electron chi connectivity index (χ3n) is 3.06. The number of nitrogen functional groups attached to an aromatic ring is 1. The standard InChI is InChI=1S/C15H16N2O2/c1-9-3-5-12(7-10(9)2)17-14-6-4-11(16)8-13(14)15(18)19/h3-8,17H,16H2,1-2H3,(H,18,19). The number of benzene rings is 2. The van der Waals surface area contributed by atoms with Crippen LogP contribution in [-0.2, 0) is 0 Å². The van der Waals surface area contributed by atoms with E-state index in [1.807, 2.05) is 32.0 Å². The summed E-state index contributed by atoms with van der Waals surface area (Å²) in [5, 5.41) is 12.3. The molecule has 0 spiro atoms. The van der Waals surface area contributed by atoms with Crippen molar-refractivity contribution in [3.63, 3.8) is 0 Å². The molecule has 0 heterocycles. The van der Waals surface area contributed by atoms with E-state index in [1.165, 1.54) is 11.6 Å². The predicted molar refractivity (Wildman–Crippen MR) is 77.0 cm³/mol. The van der Waals surface area contributed by atoms with Crippen molar-refractivity contribution in [2.24, 2.45) is 0 Å². The van der Waals surface area contributed by atoms with E-state index in [4.69, 9.17) is 5.73 Å². The van der Waals surface area contributed by atoms with E-state index >= 15 is 0 Å². The normalized spacial score (nSPS) is 10.2. The average Bonchev–Trinajstić information content (AvgIpc) is 2.36. The highest BCUT2D eigenvalue weighted by molar-refractivity contribution is 5.96. The predicted octanol–water partition coefficient (Wildman–Crippen LogP) is 3.33. The molecule has 4 heteroatoms. The molecule has 4 nitrogen and oxygen atoms in total. The van der Waals surface area contributed by atoms with Gasteiger partial charge in [0.15, 0.2) is 0 Å². The number of hydrogen-bond acceptors (Lipinski definition) is 3. The number of nitrogens with two attached hydrogens (primary N) is 1. The highest BCUT2D eigenvalue weighted by atomic mass is 16.4. The monoisotopic (exact) mass is 256 g/mol. The van der Waals surface area contributed by atoms with Gasteiger partial charge in [0.05, 0.1) is 11.3 Å². The number of rotatable bonds is 3. The molecule has 4 N–H and O–H groups in total. The highest BCUT2D eigenvalue weighted by Crippen LogP contribution is 2.24. The molecule has 2 aromatic carbocycles. The van der Waals surface area contributed by atoms with Gasteiger partial charge in [-0.15, -0.1) is 0 Å². The molecule has 2 rings (SSSR count). The topological polar surface area (TPSA) is 75.3 Å². The molecule has 0 aliphatic carbocycles. The van der Waals surface area contributed by atoms with E-state index in [9.17, 15) is 9.90 Å². The summed E-state index contributed by atoms with van der Waals surface area (Å²) in [6.45, 7) is 4.05. The minimum atomic E-state index is -1.00. The van der Waals surface area contributed by atoms with E-state index in [0.717, 1.165) is 11.3 Å². The Hall–Kier alpha value is -2.49. The third-order valence-corrected chi connectivity index (χ3v) is 3.06. The quantitative estimate of drug-likeness (QED) is 0.736. The van der Waals surface area contributed by atoms with Gasteiger partial charge in [0.2, 0.25) is 0 Å². The van der Waals surface area contributed by atoms with Gasteiger partial charge in [-0.1, -0.05) is 6.07 Å². The molecule has 0 unspecified atom stereocenters. The number of carbonyl (C=O) groups is 1. The fourth-order valence-electron chi connectivity index (χ4n) is 1.82. The number of aryl methyl sites for hydroxylation is 2. The van der Waals surface area contributed by atoms with Crippen LogP contribution in [0.3, 0.4) is 0 Å². The summed E-state index contributed by atoms with van der Waals surface area (Å²) in [4.78, 5) is 11.2. The molecule has 0 aromatic heterocycles. The van der Waals surface area contributed by atoms with Crippen LogP contribution in [-0.4, -0.2) is 11.1 Å². The van der Waals surface area contributed by atoms with Crippen molar-refractivity contribution < 1.29 is 9.90 Å². The molecule has 0 saturated heterocycles. The second-order valence-electron chi connectivity index (χ2n) is 4.53. The first kappa shape index (κ1) is 13.0. The number of aromatic carboxylic acids is 1. The lowest BCUT2D eigenvalue weighted by molar-refractivity contribution is 0.0698. The Labute approximate surface area is 111 Å². The zero-order valence-electron chi connectivity index (χ0n) is 10.9. The maximum atomic E-state index is 11.2. The molecular formula is C15H16N2O2. The molecule has 0 bridgehead atoms. The second-order valence-corrected chi connectivity index (χ2v) is 4.53. The minimum absolute atomic E-state index is 0.165. The van der Waals surface area contributed by atoms with Crippen LogP contribution >= 0.6 is 0 Å². The zero-order valence-corrected chi connectivity index (χ0v) is 10.9. The van der Waals surface area contributed by atoms with Gasteiger partial charge >= 0.3 is 5.97 Å². The van der Waals surface area contributed by atoms with Crippen molar-refractivity contribution in [3.8, 4) is 0 Å². The van der Waals surface area contributed by atoms with Gasteiger partial charge in [0.1, 0.15) is 0 Å². The molecule has 0 amide bonds. The van der Waals surface area contributed by atoms with E-state index in [-0.39, 0.29) is 5.56 Å². The Morgan fingerprint density at radius 2 is 1.84 bits per heavy atom. The number of hydrogen-bond donors (Lipinski definition) is 3. The van der Waals surface area contributed by atoms with Gasteiger partial charge in [-0.05, 0) is 55.3 Å². The molecule has 0 radical (unpaired) electrons. The van der Waals surface area contributed by atoms with Crippen LogP contribution in [0.25, 0.3) is 0 Å². The lowest BCUT2D eigenvalue weighted by atomic mass is 10.1. The SMILES string of the molecule is Cc1ccc(Nc2ccc(N)cc2C(=O)O)cc1C. The summed E-state index contributed by atoms with van der Waals surface area (Å²) >= 11 is 0.